The third kappa shape index (κ3) is 3.92. The van der Waals surface area contributed by atoms with E-state index in [9.17, 15) is 9.18 Å². The summed E-state index contributed by atoms with van der Waals surface area (Å²) < 4.78 is 19.2. The molecule has 1 unspecified atom stereocenters. The minimum absolute atomic E-state index is 0.0797. The van der Waals surface area contributed by atoms with Gasteiger partial charge in [0, 0.05) is 44.0 Å². The molecule has 0 spiro atoms. The quantitative estimate of drug-likeness (QED) is 0.671. The van der Waals surface area contributed by atoms with Crippen LogP contribution in [0.15, 0.2) is 53.4 Å². The number of amides is 1. The highest BCUT2D eigenvalue weighted by Gasteiger charge is 2.27. The Morgan fingerprint density at radius 3 is 3.07 bits per heavy atom. The zero-order valence-corrected chi connectivity index (χ0v) is 16.0. The highest BCUT2D eigenvalue weighted by molar-refractivity contribution is 6.06. The van der Waals surface area contributed by atoms with Gasteiger partial charge in [0.05, 0.1) is 5.56 Å². The van der Waals surface area contributed by atoms with Crippen LogP contribution in [0.1, 0.15) is 28.8 Å². The van der Waals surface area contributed by atoms with Gasteiger partial charge < -0.3 is 14.2 Å². The lowest BCUT2D eigenvalue weighted by Gasteiger charge is -2.34. The van der Waals surface area contributed by atoms with E-state index in [-0.39, 0.29) is 11.5 Å². The van der Waals surface area contributed by atoms with Crippen LogP contribution >= 0.6 is 0 Å². The summed E-state index contributed by atoms with van der Waals surface area (Å²) >= 11 is 0. The second-order valence-electron chi connectivity index (χ2n) is 7.58. The third-order valence-electron chi connectivity index (χ3n) is 5.33. The average molecular weight is 381 g/mol. The number of para-hydroxylation sites is 1. The number of carbonyl (C=O) groups excluding carboxylic acids is 1. The topological polar surface area (TPSA) is 49.6 Å². The van der Waals surface area contributed by atoms with E-state index in [2.05, 4.69) is 23.0 Å². The van der Waals surface area contributed by atoms with E-state index in [0.29, 0.717) is 23.4 Å². The molecular weight excluding hydrogens is 357 g/mol. The van der Waals surface area contributed by atoms with Gasteiger partial charge >= 0.3 is 0 Å². The molecule has 1 amide bonds. The van der Waals surface area contributed by atoms with Crippen LogP contribution in [0, 0.1) is 11.7 Å². The van der Waals surface area contributed by atoms with Crippen molar-refractivity contribution in [3.63, 3.8) is 0 Å². The average Bonchev–Trinajstić information content (AvgIpc) is 3.14. The van der Waals surface area contributed by atoms with Crippen LogP contribution in [0.25, 0.3) is 11.0 Å². The van der Waals surface area contributed by atoms with Gasteiger partial charge in [-0.25, -0.2) is 4.39 Å². The number of furan rings is 1. The van der Waals surface area contributed by atoms with Crippen LogP contribution in [-0.2, 0) is 6.54 Å². The second-order valence-corrected chi connectivity index (χ2v) is 7.58. The van der Waals surface area contributed by atoms with Gasteiger partial charge in [0.15, 0.2) is 11.4 Å². The molecule has 1 aliphatic rings. The second kappa shape index (κ2) is 8.10. The Morgan fingerprint density at radius 1 is 1.36 bits per heavy atom. The fourth-order valence-electron chi connectivity index (χ4n) is 4.07. The summed E-state index contributed by atoms with van der Waals surface area (Å²) in [6.07, 6.45) is 7.12. The summed E-state index contributed by atoms with van der Waals surface area (Å²) in [5.74, 6) is -0.108. The van der Waals surface area contributed by atoms with Gasteiger partial charge in [0.1, 0.15) is 6.26 Å². The Morgan fingerprint density at radius 2 is 2.25 bits per heavy atom. The van der Waals surface area contributed by atoms with E-state index in [4.69, 9.17) is 4.42 Å². The van der Waals surface area contributed by atoms with Crippen molar-refractivity contribution in [1.82, 2.24) is 14.8 Å². The number of piperidine rings is 1. The van der Waals surface area contributed by atoms with Gasteiger partial charge in [-0.15, -0.1) is 0 Å². The molecule has 5 nitrogen and oxygen atoms in total. The van der Waals surface area contributed by atoms with Crippen LogP contribution in [0.5, 0.6) is 0 Å². The zero-order valence-electron chi connectivity index (χ0n) is 16.0. The largest absolute Gasteiger partial charge is 0.460 e. The number of pyridine rings is 1. The van der Waals surface area contributed by atoms with Crippen molar-refractivity contribution in [2.24, 2.45) is 5.92 Å². The number of likely N-dealkylation sites (tertiary alicyclic amines) is 1. The first-order valence-electron chi connectivity index (χ1n) is 9.64. The summed E-state index contributed by atoms with van der Waals surface area (Å²) in [7, 11) is 2.10. The predicted octanol–water partition coefficient (Wildman–Crippen LogP) is 3.95. The number of benzene rings is 1. The summed E-state index contributed by atoms with van der Waals surface area (Å²) in [6, 6.07) is 8.70. The fourth-order valence-corrected chi connectivity index (χ4v) is 4.07. The van der Waals surface area contributed by atoms with E-state index < -0.39 is 5.82 Å². The molecule has 3 aromatic rings. The number of hydrogen-bond acceptors (Lipinski definition) is 4. The molecule has 4 rings (SSSR count). The Balaban J connectivity index is 1.41. The fraction of sp³-hybridized carbons (Fsp3) is 0.364. The monoisotopic (exact) mass is 381 g/mol. The number of hydrogen-bond donors (Lipinski definition) is 0. The first kappa shape index (κ1) is 18.6. The molecular formula is C22H24FN3O2. The molecule has 0 N–H and O–H groups in total. The van der Waals surface area contributed by atoms with Crippen LogP contribution in [0.2, 0.25) is 0 Å². The van der Waals surface area contributed by atoms with Gasteiger partial charge in [0.25, 0.3) is 5.91 Å². The van der Waals surface area contributed by atoms with Crippen LogP contribution in [0.3, 0.4) is 0 Å². The standard InChI is InChI=1S/C22H24FN3O2/c1-25(12-16-5-3-9-24-11-16)13-17-6-4-10-26(14-17)22(27)19-15-28-21-18(19)7-2-8-20(21)23/h2-3,5,7-9,11,15,17H,4,6,10,12-14H2,1H3. The Labute approximate surface area is 163 Å². The van der Waals surface area contributed by atoms with Gasteiger partial charge in [-0.3, -0.25) is 9.78 Å². The van der Waals surface area contributed by atoms with Gasteiger partial charge in [-0.05, 0) is 43.5 Å². The molecule has 0 radical (unpaired) electrons. The molecule has 1 fully saturated rings. The molecule has 1 saturated heterocycles. The van der Waals surface area contributed by atoms with Crippen molar-refractivity contribution in [3.8, 4) is 0 Å². The maximum atomic E-state index is 13.9. The van der Waals surface area contributed by atoms with E-state index in [1.54, 1.807) is 18.3 Å². The van der Waals surface area contributed by atoms with Crippen LogP contribution < -0.4 is 0 Å². The lowest BCUT2D eigenvalue weighted by molar-refractivity contribution is 0.0647. The SMILES string of the molecule is CN(Cc1cccnc1)CC1CCCN(C(=O)c2coc3c(F)cccc23)C1. The zero-order chi connectivity index (χ0) is 19.5. The van der Waals surface area contributed by atoms with E-state index >= 15 is 0 Å². The highest BCUT2D eigenvalue weighted by atomic mass is 19.1. The summed E-state index contributed by atoms with van der Waals surface area (Å²) in [5, 5.41) is 0.542. The molecule has 0 aliphatic carbocycles. The third-order valence-corrected chi connectivity index (χ3v) is 5.33. The van der Waals surface area contributed by atoms with Crippen molar-refractivity contribution < 1.29 is 13.6 Å². The molecule has 146 valence electrons. The van der Waals surface area contributed by atoms with Crippen molar-refractivity contribution in [2.45, 2.75) is 19.4 Å². The summed E-state index contributed by atoms with van der Waals surface area (Å²) in [4.78, 5) is 21.3. The number of halogens is 1. The highest BCUT2D eigenvalue weighted by Crippen LogP contribution is 2.27. The molecule has 3 heterocycles. The van der Waals surface area contributed by atoms with Crippen molar-refractivity contribution in [2.75, 3.05) is 26.7 Å². The van der Waals surface area contributed by atoms with Crippen molar-refractivity contribution in [1.29, 1.82) is 0 Å². The van der Waals surface area contributed by atoms with Crippen LogP contribution in [-0.4, -0.2) is 47.4 Å². The number of nitrogens with zero attached hydrogens (tertiary/aromatic N) is 3. The van der Waals surface area contributed by atoms with Gasteiger partial charge in [0.2, 0.25) is 0 Å². The van der Waals surface area contributed by atoms with Crippen molar-refractivity contribution >= 4 is 16.9 Å². The predicted molar refractivity (Wildman–Crippen MR) is 105 cm³/mol. The molecule has 0 saturated carbocycles. The minimum atomic E-state index is -0.440. The molecule has 28 heavy (non-hydrogen) atoms. The molecule has 1 aromatic carbocycles. The Kier molecular flexibility index (Phi) is 5.39. The molecule has 0 bridgehead atoms. The number of carbonyl (C=O) groups is 1. The number of rotatable bonds is 5. The smallest absolute Gasteiger partial charge is 0.257 e. The minimum Gasteiger partial charge on any atom is -0.460 e. The molecule has 1 atom stereocenters. The van der Waals surface area contributed by atoms with Crippen molar-refractivity contribution in [3.05, 3.63) is 65.9 Å². The van der Waals surface area contributed by atoms with Gasteiger partial charge in [-0.1, -0.05) is 18.2 Å². The molecule has 1 aliphatic heterocycles. The number of fused-ring (bicyclic) bond motifs is 1. The maximum absolute atomic E-state index is 13.9. The molecule has 6 heteroatoms. The summed E-state index contributed by atoms with van der Waals surface area (Å²) in [6.45, 7) is 3.19. The normalized spacial score (nSPS) is 17.4. The van der Waals surface area contributed by atoms with Crippen LogP contribution in [0.4, 0.5) is 4.39 Å². The van der Waals surface area contributed by atoms with E-state index in [1.165, 1.54) is 17.9 Å². The first-order valence-corrected chi connectivity index (χ1v) is 9.64. The lowest BCUT2D eigenvalue weighted by atomic mass is 9.96. The maximum Gasteiger partial charge on any atom is 0.257 e. The first-order chi connectivity index (χ1) is 13.6. The van der Waals surface area contributed by atoms with E-state index in [0.717, 1.165) is 32.5 Å². The van der Waals surface area contributed by atoms with Gasteiger partial charge in [-0.2, -0.15) is 0 Å². The molecule has 2 aromatic heterocycles. The Bertz CT molecular complexity index is 957. The Hall–Kier alpha value is -2.73. The number of aromatic nitrogens is 1. The summed E-state index contributed by atoms with van der Waals surface area (Å²) in [5.41, 5.74) is 1.77. The lowest BCUT2D eigenvalue weighted by Crippen LogP contribution is -2.43. The van der Waals surface area contributed by atoms with E-state index in [1.807, 2.05) is 17.2 Å².